The second-order valence-electron chi connectivity index (χ2n) is 3.95. The van der Waals surface area contributed by atoms with Crippen LogP contribution < -0.4 is 0 Å². The predicted octanol–water partition coefficient (Wildman–Crippen LogP) is 0.865. The molecule has 0 aliphatic carbocycles. The van der Waals surface area contributed by atoms with Crippen LogP contribution in [0.25, 0.3) is 0 Å². The minimum atomic E-state index is -3.42. The Morgan fingerprint density at radius 2 is 1.78 bits per heavy atom. The van der Waals surface area contributed by atoms with Crippen molar-refractivity contribution in [3.63, 3.8) is 0 Å². The summed E-state index contributed by atoms with van der Waals surface area (Å²) < 4.78 is 23.8. The van der Waals surface area contributed by atoms with Crippen LogP contribution in [0.2, 0.25) is 0 Å². The summed E-state index contributed by atoms with van der Waals surface area (Å²) in [6, 6.07) is 3.28. The molecule has 0 N–H and O–H groups in total. The number of hydrogen-bond donors (Lipinski definition) is 0. The Labute approximate surface area is 108 Å². The third kappa shape index (κ3) is 4.44. The van der Waals surface area contributed by atoms with Crippen molar-refractivity contribution in [3.8, 4) is 0 Å². The molecule has 0 atom stereocenters. The number of carbonyl (C=O) groups is 1. The smallest absolute Gasteiger partial charge is 0.237 e. The fraction of sp³-hybridized carbons (Fsp3) is 0.500. The van der Waals surface area contributed by atoms with Crippen molar-refractivity contribution in [2.24, 2.45) is 0 Å². The highest BCUT2D eigenvalue weighted by atomic mass is 32.2. The first-order chi connectivity index (χ1) is 8.48. The second kappa shape index (κ2) is 6.49. The Morgan fingerprint density at radius 3 is 2.28 bits per heavy atom. The molecule has 0 saturated heterocycles. The van der Waals surface area contributed by atoms with E-state index in [9.17, 15) is 13.2 Å². The summed E-state index contributed by atoms with van der Waals surface area (Å²) in [7, 11) is -3.42. The zero-order valence-corrected chi connectivity index (χ0v) is 11.5. The molecule has 0 bridgehead atoms. The molecule has 1 amide bonds. The summed E-state index contributed by atoms with van der Waals surface area (Å²) in [5, 5.41) is 0. The van der Waals surface area contributed by atoms with Gasteiger partial charge in [-0.2, -0.15) is 0 Å². The van der Waals surface area contributed by atoms with E-state index in [0.717, 1.165) is 0 Å². The van der Waals surface area contributed by atoms with Crippen LogP contribution in [0.4, 0.5) is 0 Å². The molecule has 0 radical (unpaired) electrons. The van der Waals surface area contributed by atoms with E-state index in [1.54, 1.807) is 12.1 Å². The highest BCUT2D eigenvalue weighted by Gasteiger charge is 2.20. The SMILES string of the molecule is CCN(CC)C(=O)CS(=O)(=O)Cc1ccncc1. The molecule has 18 heavy (non-hydrogen) atoms. The summed E-state index contributed by atoms with van der Waals surface area (Å²) >= 11 is 0. The lowest BCUT2D eigenvalue weighted by Gasteiger charge is -2.18. The minimum Gasteiger partial charge on any atom is -0.342 e. The van der Waals surface area contributed by atoms with Crippen molar-refractivity contribution in [1.82, 2.24) is 9.88 Å². The van der Waals surface area contributed by atoms with Gasteiger partial charge in [0.05, 0.1) is 5.75 Å². The van der Waals surface area contributed by atoms with Gasteiger partial charge < -0.3 is 4.90 Å². The van der Waals surface area contributed by atoms with Crippen molar-refractivity contribution >= 4 is 15.7 Å². The lowest BCUT2D eigenvalue weighted by Crippen LogP contribution is -2.35. The molecule has 5 nitrogen and oxygen atoms in total. The second-order valence-corrected chi connectivity index (χ2v) is 6.02. The van der Waals surface area contributed by atoms with E-state index in [1.165, 1.54) is 17.3 Å². The van der Waals surface area contributed by atoms with E-state index in [1.807, 2.05) is 13.8 Å². The lowest BCUT2D eigenvalue weighted by molar-refractivity contribution is -0.128. The molecule has 1 heterocycles. The van der Waals surface area contributed by atoms with Crippen molar-refractivity contribution in [2.75, 3.05) is 18.8 Å². The van der Waals surface area contributed by atoms with Crippen LogP contribution in [0.3, 0.4) is 0 Å². The third-order valence-corrected chi connectivity index (χ3v) is 4.06. The van der Waals surface area contributed by atoms with E-state index < -0.39 is 15.6 Å². The monoisotopic (exact) mass is 270 g/mol. The Hall–Kier alpha value is -1.43. The van der Waals surface area contributed by atoms with E-state index in [0.29, 0.717) is 18.7 Å². The van der Waals surface area contributed by atoms with E-state index >= 15 is 0 Å². The molecule has 100 valence electrons. The first kappa shape index (κ1) is 14.6. The van der Waals surface area contributed by atoms with Gasteiger partial charge in [-0.05, 0) is 31.5 Å². The van der Waals surface area contributed by atoms with Crippen molar-refractivity contribution in [2.45, 2.75) is 19.6 Å². The molecule has 0 aromatic carbocycles. The first-order valence-corrected chi connectivity index (χ1v) is 7.67. The maximum Gasteiger partial charge on any atom is 0.237 e. The van der Waals surface area contributed by atoms with Gasteiger partial charge in [-0.1, -0.05) is 0 Å². The molecule has 0 fully saturated rings. The highest BCUT2D eigenvalue weighted by molar-refractivity contribution is 7.91. The van der Waals surface area contributed by atoms with Crippen LogP contribution in [-0.4, -0.2) is 43.1 Å². The van der Waals surface area contributed by atoms with E-state index in [2.05, 4.69) is 4.98 Å². The Kier molecular flexibility index (Phi) is 5.27. The average molecular weight is 270 g/mol. The molecular formula is C12H18N2O3S. The van der Waals surface area contributed by atoms with Gasteiger partial charge in [-0.3, -0.25) is 9.78 Å². The largest absolute Gasteiger partial charge is 0.342 e. The molecule has 0 saturated carbocycles. The molecule has 0 spiro atoms. The third-order valence-electron chi connectivity index (χ3n) is 2.60. The molecule has 0 unspecified atom stereocenters. The number of pyridine rings is 1. The van der Waals surface area contributed by atoms with Gasteiger partial charge in [0.15, 0.2) is 9.84 Å². The van der Waals surface area contributed by atoms with Gasteiger partial charge in [-0.15, -0.1) is 0 Å². The predicted molar refractivity (Wildman–Crippen MR) is 69.7 cm³/mol. The van der Waals surface area contributed by atoms with Gasteiger partial charge in [0.2, 0.25) is 5.91 Å². The van der Waals surface area contributed by atoms with Crippen molar-refractivity contribution in [3.05, 3.63) is 30.1 Å². The van der Waals surface area contributed by atoms with Gasteiger partial charge in [0, 0.05) is 25.5 Å². The number of rotatable bonds is 6. The summed E-state index contributed by atoms with van der Waals surface area (Å²) in [6.45, 7) is 4.72. The van der Waals surface area contributed by atoms with Gasteiger partial charge in [0.25, 0.3) is 0 Å². The van der Waals surface area contributed by atoms with Crippen LogP contribution in [0.5, 0.6) is 0 Å². The molecule has 0 aliphatic rings. The Balaban J connectivity index is 2.68. The maximum atomic E-state index is 11.9. The fourth-order valence-electron chi connectivity index (χ4n) is 1.64. The normalized spacial score (nSPS) is 11.2. The number of hydrogen-bond acceptors (Lipinski definition) is 4. The Morgan fingerprint density at radius 1 is 1.22 bits per heavy atom. The molecule has 6 heteroatoms. The standard InChI is InChI=1S/C12H18N2O3S/c1-3-14(4-2)12(15)10-18(16,17)9-11-5-7-13-8-6-11/h5-8H,3-4,9-10H2,1-2H3. The first-order valence-electron chi connectivity index (χ1n) is 5.85. The van der Waals surface area contributed by atoms with E-state index in [4.69, 9.17) is 0 Å². The number of aromatic nitrogens is 1. The minimum absolute atomic E-state index is 0.122. The number of carbonyl (C=O) groups excluding carboxylic acids is 1. The number of nitrogens with zero attached hydrogens (tertiary/aromatic N) is 2. The molecule has 0 aliphatic heterocycles. The summed E-state index contributed by atoms with van der Waals surface area (Å²) in [5.74, 6) is -0.895. The lowest BCUT2D eigenvalue weighted by atomic mass is 10.3. The quantitative estimate of drug-likeness (QED) is 0.769. The van der Waals surface area contributed by atoms with Crippen LogP contribution in [0.1, 0.15) is 19.4 Å². The molecule has 1 rings (SSSR count). The van der Waals surface area contributed by atoms with Gasteiger partial charge in [-0.25, -0.2) is 8.42 Å². The molecule has 1 aromatic rings. The number of amides is 1. The summed E-state index contributed by atoms with van der Waals surface area (Å²) in [4.78, 5) is 17.1. The molecule has 1 aromatic heterocycles. The van der Waals surface area contributed by atoms with E-state index in [-0.39, 0.29) is 11.7 Å². The molecular weight excluding hydrogens is 252 g/mol. The topological polar surface area (TPSA) is 67.3 Å². The highest BCUT2D eigenvalue weighted by Crippen LogP contribution is 2.06. The maximum absolute atomic E-state index is 11.9. The van der Waals surface area contributed by atoms with Gasteiger partial charge in [0.1, 0.15) is 5.75 Å². The number of sulfone groups is 1. The van der Waals surface area contributed by atoms with Crippen molar-refractivity contribution in [1.29, 1.82) is 0 Å². The van der Waals surface area contributed by atoms with Crippen LogP contribution in [0, 0.1) is 0 Å². The van der Waals surface area contributed by atoms with Crippen LogP contribution in [-0.2, 0) is 20.4 Å². The fourth-order valence-corrected chi connectivity index (χ4v) is 3.00. The summed E-state index contributed by atoms with van der Waals surface area (Å²) in [5.41, 5.74) is 0.650. The van der Waals surface area contributed by atoms with Crippen molar-refractivity contribution < 1.29 is 13.2 Å². The van der Waals surface area contributed by atoms with Crippen LogP contribution >= 0.6 is 0 Å². The summed E-state index contributed by atoms with van der Waals surface area (Å²) in [6.07, 6.45) is 3.08. The zero-order chi connectivity index (χ0) is 13.6. The Bertz CT molecular complexity index is 481. The average Bonchev–Trinajstić information content (AvgIpc) is 2.30. The van der Waals surface area contributed by atoms with Crippen LogP contribution in [0.15, 0.2) is 24.5 Å². The van der Waals surface area contributed by atoms with Gasteiger partial charge >= 0.3 is 0 Å². The zero-order valence-electron chi connectivity index (χ0n) is 10.7.